The summed E-state index contributed by atoms with van der Waals surface area (Å²) < 4.78 is 0. The number of aliphatic hydroxyl groups is 2. The molecule has 0 fully saturated rings. The SMILES string of the molecule is CC(C)(C)[C@@H](O)CNC(=O)[C@H](O)c1ccccc1Cl. The van der Waals surface area contributed by atoms with Gasteiger partial charge in [0.25, 0.3) is 5.91 Å². The zero-order chi connectivity index (χ0) is 14.6. The summed E-state index contributed by atoms with van der Waals surface area (Å²) in [5.74, 6) is -0.573. The molecule has 19 heavy (non-hydrogen) atoms. The lowest BCUT2D eigenvalue weighted by atomic mass is 9.89. The minimum absolute atomic E-state index is 0.0871. The van der Waals surface area contributed by atoms with Gasteiger partial charge in [0.1, 0.15) is 0 Å². The van der Waals surface area contributed by atoms with E-state index in [0.717, 1.165) is 0 Å². The highest BCUT2D eigenvalue weighted by atomic mass is 35.5. The molecule has 1 amide bonds. The van der Waals surface area contributed by atoms with Crippen molar-refractivity contribution >= 4 is 17.5 Å². The first kappa shape index (κ1) is 16.0. The second kappa shape index (κ2) is 6.37. The lowest BCUT2D eigenvalue weighted by Gasteiger charge is -2.26. The van der Waals surface area contributed by atoms with Gasteiger partial charge in [-0.15, -0.1) is 0 Å². The minimum atomic E-state index is -1.33. The molecule has 0 unspecified atom stereocenters. The largest absolute Gasteiger partial charge is 0.391 e. The summed E-state index contributed by atoms with van der Waals surface area (Å²) in [5, 5.41) is 22.6. The molecule has 0 saturated heterocycles. The smallest absolute Gasteiger partial charge is 0.253 e. The Hall–Kier alpha value is -1.10. The number of hydrogen-bond donors (Lipinski definition) is 3. The number of carbonyl (C=O) groups excluding carboxylic acids is 1. The van der Waals surface area contributed by atoms with Gasteiger partial charge in [-0.2, -0.15) is 0 Å². The van der Waals surface area contributed by atoms with E-state index in [0.29, 0.717) is 10.6 Å². The average molecular weight is 286 g/mol. The van der Waals surface area contributed by atoms with Gasteiger partial charge in [0.2, 0.25) is 0 Å². The van der Waals surface area contributed by atoms with Crippen molar-refractivity contribution in [3.8, 4) is 0 Å². The standard InChI is InChI=1S/C14H20ClNO3/c1-14(2,3)11(17)8-16-13(19)12(18)9-6-4-5-7-10(9)15/h4-7,11-12,17-18H,8H2,1-3H3,(H,16,19)/t11-,12+/m0/s1. The number of halogens is 1. The summed E-state index contributed by atoms with van der Waals surface area (Å²) in [6.07, 6.45) is -2.02. The first-order valence-corrected chi connectivity index (χ1v) is 6.49. The lowest BCUT2D eigenvalue weighted by molar-refractivity contribution is -0.130. The highest BCUT2D eigenvalue weighted by molar-refractivity contribution is 6.31. The van der Waals surface area contributed by atoms with Crippen molar-refractivity contribution < 1.29 is 15.0 Å². The highest BCUT2D eigenvalue weighted by Crippen LogP contribution is 2.23. The predicted molar refractivity (Wildman–Crippen MR) is 74.9 cm³/mol. The van der Waals surface area contributed by atoms with Crippen molar-refractivity contribution in [3.63, 3.8) is 0 Å². The molecular formula is C14H20ClNO3. The van der Waals surface area contributed by atoms with Crippen LogP contribution in [0.2, 0.25) is 5.02 Å². The fourth-order valence-electron chi connectivity index (χ4n) is 1.44. The molecule has 1 aromatic rings. The Bertz CT molecular complexity index is 443. The lowest BCUT2D eigenvalue weighted by Crippen LogP contribution is -2.41. The van der Waals surface area contributed by atoms with Gasteiger partial charge < -0.3 is 15.5 Å². The summed E-state index contributed by atoms with van der Waals surface area (Å²) in [5.41, 5.74) is 0.0229. The van der Waals surface area contributed by atoms with E-state index >= 15 is 0 Å². The van der Waals surface area contributed by atoms with Crippen molar-refractivity contribution in [1.29, 1.82) is 0 Å². The Balaban J connectivity index is 2.62. The monoisotopic (exact) mass is 285 g/mol. The van der Waals surface area contributed by atoms with Gasteiger partial charge in [0, 0.05) is 17.1 Å². The quantitative estimate of drug-likeness (QED) is 0.791. The van der Waals surface area contributed by atoms with Crippen LogP contribution in [0, 0.1) is 5.41 Å². The van der Waals surface area contributed by atoms with Crippen molar-refractivity contribution in [1.82, 2.24) is 5.32 Å². The van der Waals surface area contributed by atoms with Crippen LogP contribution >= 0.6 is 11.6 Å². The maximum Gasteiger partial charge on any atom is 0.253 e. The number of hydrogen-bond acceptors (Lipinski definition) is 3. The van der Waals surface area contributed by atoms with E-state index in [1.165, 1.54) is 0 Å². The van der Waals surface area contributed by atoms with Crippen LogP contribution in [0.5, 0.6) is 0 Å². The summed E-state index contributed by atoms with van der Waals surface area (Å²) in [4.78, 5) is 11.8. The molecule has 0 aromatic heterocycles. The second-order valence-corrected chi connectivity index (χ2v) is 5.96. The molecule has 4 nitrogen and oxygen atoms in total. The third-order valence-corrected chi connectivity index (χ3v) is 3.26. The van der Waals surface area contributed by atoms with E-state index in [2.05, 4.69) is 5.32 Å². The third kappa shape index (κ3) is 4.49. The van der Waals surface area contributed by atoms with E-state index in [4.69, 9.17) is 11.6 Å². The molecule has 0 aliphatic rings. The molecule has 3 N–H and O–H groups in total. The summed E-state index contributed by atoms with van der Waals surface area (Å²) in [7, 11) is 0. The van der Waals surface area contributed by atoms with Crippen LogP contribution in [0.15, 0.2) is 24.3 Å². The van der Waals surface area contributed by atoms with Crippen LogP contribution in [0.25, 0.3) is 0 Å². The Morgan fingerprint density at radius 1 is 1.32 bits per heavy atom. The second-order valence-electron chi connectivity index (χ2n) is 5.55. The molecule has 0 aliphatic carbocycles. The summed E-state index contributed by atoms with van der Waals surface area (Å²) >= 11 is 5.91. The number of aliphatic hydroxyl groups excluding tert-OH is 2. The van der Waals surface area contributed by atoms with Gasteiger partial charge >= 0.3 is 0 Å². The maximum absolute atomic E-state index is 11.8. The van der Waals surface area contributed by atoms with Crippen LogP contribution < -0.4 is 5.32 Å². The molecule has 1 rings (SSSR count). The molecule has 1 aromatic carbocycles. The van der Waals surface area contributed by atoms with Crippen LogP contribution in [0.3, 0.4) is 0 Å². The molecule has 106 valence electrons. The normalized spacial score (nSPS) is 14.8. The van der Waals surface area contributed by atoms with Crippen molar-refractivity contribution in [3.05, 3.63) is 34.9 Å². The molecule has 0 saturated carbocycles. The molecule has 0 radical (unpaired) electrons. The fourth-order valence-corrected chi connectivity index (χ4v) is 1.68. The molecule has 0 aliphatic heterocycles. The van der Waals surface area contributed by atoms with Crippen LogP contribution in [0.1, 0.15) is 32.4 Å². The Morgan fingerprint density at radius 3 is 2.42 bits per heavy atom. The maximum atomic E-state index is 11.8. The number of nitrogens with one attached hydrogen (secondary N) is 1. The molecule has 0 spiro atoms. The first-order valence-electron chi connectivity index (χ1n) is 6.11. The van der Waals surface area contributed by atoms with E-state index < -0.39 is 18.1 Å². The van der Waals surface area contributed by atoms with Crippen LogP contribution in [0.4, 0.5) is 0 Å². The summed E-state index contributed by atoms with van der Waals surface area (Å²) in [6.45, 7) is 5.70. The van der Waals surface area contributed by atoms with Gasteiger partial charge in [-0.05, 0) is 11.5 Å². The van der Waals surface area contributed by atoms with Gasteiger partial charge in [-0.1, -0.05) is 50.6 Å². The molecule has 0 bridgehead atoms. The Labute approximate surface area is 118 Å². The van der Waals surface area contributed by atoms with Gasteiger partial charge in [0.15, 0.2) is 6.10 Å². The van der Waals surface area contributed by atoms with Gasteiger partial charge in [-0.25, -0.2) is 0 Å². The fraction of sp³-hybridized carbons (Fsp3) is 0.500. The van der Waals surface area contributed by atoms with Gasteiger partial charge in [-0.3, -0.25) is 4.79 Å². The third-order valence-electron chi connectivity index (χ3n) is 2.92. The number of rotatable bonds is 4. The Morgan fingerprint density at radius 2 is 1.89 bits per heavy atom. The van der Waals surface area contributed by atoms with E-state index in [1.54, 1.807) is 24.3 Å². The molecule has 5 heteroatoms. The van der Waals surface area contributed by atoms with E-state index in [9.17, 15) is 15.0 Å². The van der Waals surface area contributed by atoms with Crippen LogP contribution in [-0.4, -0.2) is 28.8 Å². The number of benzene rings is 1. The van der Waals surface area contributed by atoms with Crippen LogP contribution in [-0.2, 0) is 4.79 Å². The van der Waals surface area contributed by atoms with Crippen molar-refractivity contribution in [2.75, 3.05) is 6.54 Å². The summed E-state index contributed by atoms with van der Waals surface area (Å²) in [6, 6.07) is 6.62. The zero-order valence-electron chi connectivity index (χ0n) is 11.4. The van der Waals surface area contributed by atoms with Crippen molar-refractivity contribution in [2.45, 2.75) is 33.0 Å². The molecule has 2 atom stereocenters. The first-order chi connectivity index (χ1) is 8.73. The number of carbonyl (C=O) groups is 1. The average Bonchev–Trinajstić information content (AvgIpc) is 2.34. The van der Waals surface area contributed by atoms with Gasteiger partial charge in [0.05, 0.1) is 6.10 Å². The topological polar surface area (TPSA) is 69.6 Å². The predicted octanol–water partition coefficient (Wildman–Crippen LogP) is 1.90. The van der Waals surface area contributed by atoms with Crippen molar-refractivity contribution in [2.24, 2.45) is 5.41 Å². The minimum Gasteiger partial charge on any atom is -0.391 e. The Kier molecular flexibility index (Phi) is 5.35. The highest BCUT2D eigenvalue weighted by Gasteiger charge is 2.25. The molecular weight excluding hydrogens is 266 g/mol. The van der Waals surface area contributed by atoms with E-state index in [-0.39, 0.29) is 12.0 Å². The number of amides is 1. The zero-order valence-corrected chi connectivity index (χ0v) is 12.1. The molecule has 0 heterocycles. The van der Waals surface area contributed by atoms with E-state index in [1.807, 2.05) is 20.8 Å².